The van der Waals surface area contributed by atoms with Crippen LogP contribution in [0.1, 0.15) is 39.0 Å². The van der Waals surface area contributed by atoms with Crippen molar-refractivity contribution in [3.63, 3.8) is 0 Å². The number of methoxy groups -OCH3 is 2. The number of nitrogens with zero attached hydrogens (tertiary/aromatic N) is 1. The second kappa shape index (κ2) is 9.64. The van der Waals surface area contributed by atoms with Gasteiger partial charge in [0.1, 0.15) is 5.75 Å². The van der Waals surface area contributed by atoms with Crippen LogP contribution in [0.2, 0.25) is 0 Å². The normalized spacial score (nSPS) is 20.1. The van der Waals surface area contributed by atoms with Gasteiger partial charge in [-0.2, -0.15) is 0 Å². The van der Waals surface area contributed by atoms with Crippen molar-refractivity contribution in [2.24, 2.45) is 0 Å². The molecule has 5 nitrogen and oxygen atoms in total. The van der Waals surface area contributed by atoms with Crippen LogP contribution < -0.4 is 9.64 Å². The van der Waals surface area contributed by atoms with Gasteiger partial charge in [0.2, 0.25) is 5.91 Å². The summed E-state index contributed by atoms with van der Waals surface area (Å²) in [5, 5.41) is 0. The number of carbonyl (C=O) groups excluding carboxylic acids is 1. The van der Waals surface area contributed by atoms with E-state index in [0.29, 0.717) is 13.0 Å². The summed E-state index contributed by atoms with van der Waals surface area (Å²) in [7, 11) is 3.26. The van der Waals surface area contributed by atoms with Crippen molar-refractivity contribution in [2.75, 3.05) is 32.3 Å². The monoisotopic (exact) mass is 335 g/mol. The Morgan fingerprint density at radius 3 is 2.54 bits per heavy atom. The molecule has 0 saturated heterocycles. The van der Waals surface area contributed by atoms with Gasteiger partial charge in [-0.25, -0.2) is 0 Å². The fourth-order valence-corrected chi connectivity index (χ4v) is 3.24. The molecule has 1 aromatic rings. The number of hydrogen-bond donors (Lipinski definition) is 0. The molecule has 1 aliphatic carbocycles. The van der Waals surface area contributed by atoms with Crippen molar-refractivity contribution in [3.8, 4) is 5.75 Å². The van der Waals surface area contributed by atoms with E-state index in [1.807, 2.05) is 29.2 Å². The van der Waals surface area contributed by atoms with Gasteiger partial charge >= 0.3 is 0 Å². The Bertz CT molecular complexity index is 503. The van der Waals surface area contributed by atoms with E-state index in [-0.39, 0.29) is 18.1 Å². The summed E-state index contributed by atoms with van der Waals surface area (Å²) in [6.07, 6.45) is 4.54. The third-order valence-corrected chi connectivity index (χ3v) is 4.42. The molecule has 2 atom stereocenters. The van der Waals surface area contributed by atoms with Crippen LogP contribution in [0.15, 0.2) is 24.3 Å². The number of ether oxygens (including phenoxy) is 3. The minimum absolute atomic E-state index is 0.0824. The van der Waals surface area contributed by atoms with E-state index in [1.54, 1.807) is 14.2 Å². The van der Waals surface area contributed by atoms with E-state index in [0.717, 1.165) is 43.7 Å². The molecule has 24 heavy (non-hydrogen) atoms. The van der Waals surface area contributed by atoms with E-state index >= 15 is 0 Å². The van der Waals surface area contributed by atoms with Gasteiger partial charge < -0.3 is 19.1 Å². The Balaban J connectivity index is 2.22. The zero-order valence-corrected chi connectivity index (χ0v) is 15.0. The zero-order valence-electron chi connectivity index (χ0n) is 15.0. The van der Waals surface area contributed by atoms with Gasteiger partial charge in [0.15, 0.2) is 0 Å². The molecule has 5 heteroatoms. The number of hydrogen-bond acceptors (Lipinski definition) is 4. The fraction of sp³-hybridized carbons (Fsp3) is 0.632. The topological polar surface area (TPSA) is 48.0 Å². The predicted octanol–water partition coefficient (Wildman–Crippen LogP) is 3.41. The summed E-state index contributed by atoms with van der Waals surface area (Å²) < 4.78 is 16.3. The maximum atomic E-state index is 12.8. The van der Waals surface area contributed by atoms with Crippen molar-refractivity contribution < 1.29 is 19.0 Å². The van der Waals surface area contributed by atoms with Gasteiger partial charge in [-0.05, 0) is 49.9 Å². The van der Waals surface area contributed by atoms with Crippen LogP contribution >= 0.6 is 0 Å². The van der Waals surface area contributed by atoms with Crippen molar-refractivity contribution in [1.82, 2.24) is 0 Å². The number of anilines is 1. The van der Waals surface area contributed by atoms with Gasteiger partial charge in [0.25, 0.3) is 0 Å². The first-order chi connectivity index (χ1) is 11.7. The lowest BCUT2D eigenvalue weighted by Gasteiger charge is -2.33. The Morgan fingerprint density at radius 2 is 1.92 bits per heavy atom. The summed E-state index contributed by atoms with van der Waals surface area (Å²) in [6.45, 7) is 3.28. The molecule has 0 aliphatic heterocycles. The molecule has 1 fully saturated rings. The smallest absolute Gasteiger partial charge is 0.229 e. The quantitative estimate of drug-likeness (QED) is 0.694. The fourth-order valence-electron chi connectivity index (χ4n) is 3.24. The van der Waals surface area contributed by atoms with Crippen LogP contribution in [-0.4, -0.2) is 45.5 Å². The molecule has 0 heterocycles. The van der Waals surface area contributed by atoms with E-state index < -0.39 is 0 Å². The minimum Gasteiger partial charge on any atom is -0.497 e. The van der Waals surface area contributed by atoms with Crippen molar-refractivity contribution in [3.05, 3.63) is 24.3 Å². The summed E-state index contributed by atoms with van der Waals surface area (Å²) >= 11 is 0. The number of rotatable bonds is 9. The van der Waals surface area contributed by atoms with Crippen molar-refractivity contribution >= 4 is 11.6 Å². The molecule has 1 aliphatic rings. The Morgan fingerprint density at radius 1 is 1.17 bits per heavy atom. The second-order valence-electron chi connectivity index (χ2n) is 6.11. The highest BCUT2D eigenvalue weighted by Gasteiger charge is 2.36. The minimum atomic E-state index is 0.0824. The van der Waals surface area contributed by atoms with Crippen molar-refractivity contribution in [1.29, 1.82) is 0 Å². The SMILES string of the molecule is CCCOC1CCCC1N(C(=O)CCOC)c1ccc(OC)cc1. The summed E-state index contributed by atoms with van der Waals surface area (Å²) in [5.74, 6) is 0.868. The average molecular weight is 335 g/mol. The summed E-state index contributed by atoms with van der Waals surface area (Å²) in [6, 6.07) is 7.76. The summed E-state index contributed by atoms with van der Waals surface area (Å²) in [5.41, 5.74) is 0.897. The molecular formula is C19H29NO4. The third kappa shape index (κ3) is 4.71. The Hall–Kier alpha value is -1.59. The number of benzene rings is 1. The molecule has 2 unspecified atom stereocenters. The summed E-state index contributed by atoms with van der Waals surface area (Å²) in [4.78, 5) is 14.7. The van der Waals surface area contributed by atoms with E-state index in [4.69, 9.17) is 14.2 Å². The van der Waals surface area contributed by atoms with Crippen LogP contribution in [0.3, 0.4) is 0 Å². The van der Waals surface area contributed by atoms with Gasteiger partial charge in [-0.15, -0.1) is 0 Å². The van der Waals surface area contributed by atoms with Crippen LogP contribution in [-0.2, 0) is 14.3 Å². The molecule has 134 valence electrons. The van der Waals surface area contributed by atoms with Gasteiger partial charge in [0, 0.05) is 19.4 Å². The van der Waals surface area contributed by atoms with E-state index in [9.17, 15) is 4.79 Å². The van der Waals surface area contributed by atoms with Gasteiger partial charge in [0.05, 0.1) is 32.3 Å². The lowest BCUT2D eigenvalue weighted by atomic mass is 10.1. The first-order valence-electron chi connectivity index (χ1n) is 8.78. The highest BCUT2D eigenvalue weighted by Crippen LogP contribution is 2.32. The predicted molar refractivity (Wildman–Crippen MR) is 94.6 cm³/mol. The molecule has 2 rings (SSSR count). The molecular weight excluding hydrogens is 306 g/mol. The lowest BCUT2D eigenvalue weighted by Crippen LogP contribution is -2.46. The van der Waals surface area contributed by atoms with Crippen molar-refractivity contribution in [2.45, 2.75) is 51.2 Å². The highest BCUT2D eigenvalue weighted by atomic mass is 16.5. The van der Waals surface area contributed by atoms with E-state index in [1.165, 1.54) is 0 Å². The molecule has 1 aromatic carbocycles. The highest BCUT2D eigenvalue weighted by molar-refractivity contribution is 5.94. The molecule has 0 spiro atoms. The average Bonchev–Trinajstić information content (AvgIpc) is 3.07. The third-order valence-electron chi connectivity index (χ3n) is 4.42. The van der Waals surface area contributed by atoms with Gasteiger partial charge in [-0.3, -0.25) is 4.79 Å². The lowest BCUT2D eigenvalue weighted by molar-refractivity contribution is -0.120. The van der Waals surface area contributed by atoms with Crippen LogP contribution in [0.5, 0.6) is 5.75 Å². The number of amides is 1. The molecule has 0 radical (unpaired) electrons. The maximum Gasteiger partial charge on any atom is 0.229 e. The van der Waals surface area contributed by atoms with Crippen LogP contribution in [0.4, 0.5) is 5.69 Å². The molecule has 0 N–H and O–H groups in total. The van der Waals surface area contributed by atoms with Gasteiger partial charge in [-0.1, -0.05) is 6.92 Å². The number of carbonyl (C=O) groups is 1. The maximum absolute atomic E-state index is 12.8. The largest absolute Gasteiger partial charge is 0.497 e. The van der Waals surface area contributed by atoms with E-state index in [2.05, 4.69) is 6.92 Å². The van der Waals surface area contributed by atoms with Crippen LogP contribution in [0.25, 0.3) is 0 Å². The van der Waals surface area contributed by atoms with Crippen LogP contribution in [0, 0.1) is 0 Å². The molecule has 1 amide bonds. The first-order valence-corrected chi connectivity index (χ1v) is 8.78. The molecule has 0 bridgehead atoms. The second-order valence-corrected chi connectivity index (χ2v) is 6.11. The standard InChI is InChI=1S/C19H29NO4/c1-4-13-24-18-7-5-6-17(18)20(19(21)12-14-22-2)15-8-10-16(23-3)11-9-15/h8-11,17-18H,4-7,12-14H2,1-3H3. The molecule has 1 saturated carbocycles. The Kier molecular flexibility index (Phi) is 7.53. The zero-order chi connectivity index (χ0) is 17.4. The first kappa shape index (κ1) is 18.7. The Labute approximate surface area is 144 Å². The molecule has 0 aromatic heterocycles.